The van der Waals surface area contributed by atoms with Crippen LogP contribution in [0, 0.1) is 5.92 Å². The highest BCUT2D eigenvalue weighted by molar-refractivity contribution is 5.73. The van der Waals surface area contributed by atoms with Crippen molar-refractivity contribution < 1.29 is 14.3 Å². The smallest absolute Gasteiger partial charge is 0.217 e. The highest BCUT2D eigenvalue weighted by atomic mass is 16.5. The van der Waals surface area contributed by atoms with Crippen LogP contribution in [0.5, 0.6) is 5.75 Å². The number of hydrogen-bond donors (Lipinski definition) is 1. The maximum absolute atomic E-state index is 11.3. The minimum atomic E-state index is -0.0213. The van der Waals surface area contributed by atoms with Crippen molar-refractivity contribution in [3.8, 4) is 5.75 Å². The number of likely N-dealkylation sites (tertiary alicyclic amines) is 1. The molecular formula is C26H34N2O3. The lowest BCUT2D eigenvalue weighted by atomic mass is 10.1. The normalized spacial score (nSPS) is 22.1. The van der Waals surface area contributed by atoms with E-state index in [-0.39, 0.29) is 18.1 Å². The summed E-state index contributed by atoms with van der Waals surface area (Å²) in [6.45, 7) is 8.42. The first-order valence-corrected chi connectivity index (χ1v) is 11.5. The molecule has 31 heavy (non-hydrogen) atoms. The zero-order valence-electron chi connectivity index (χ0n) is 18.9. The van der Waals surface area contributed by atoms with Gasteiger partial charge in [-0.3, -0.25) is 4.79 Å². The van der Waals surface area contributed by atoms with Gasteiger partial charge in [-0.05, 0) is 56.4 Å². The molecule has 2 unspecified atom stereocenters. The van der Waals surface area contributed by atoms with E-state index in [1.54, 1.807) is 6.92 Å². The third kappa shape index (κ3) is 5.72. The molecule has 1 saturated heterocycles. The Morgan fingerprint density at radius 1 is 1.23 bits per heavy atom. The summed E-state index contributed by atoms with van der Waals surface area (Å²) < 4.78 is 12.4. The third-order valence-electron chi connectivity index (χ3n) is 6.27. The molecule has 0 radical (unpaired) electrons. The molecule has 1 amide bonds. The molecule has 3 aliphatic rings. The molecule has 1 aromatic carbocycles. The van der Waals surface area contributed by atoms with Gasteiger partial charge in [-0.15, -0.1) is 0 Å². The maximum Gasteiger partial charge on any atom is 0.217 e. The minimum Gasteiger partial charge on any atom is -0.497 e. The SMILES string of the molecule is CC(=O)NC(C)c1ccc(OC2CCN(C3=CC=CCC(OCC4CC4)=C3C)C2)cc1. The van der Waals surface area contributed by atoms with Crippen LogP contribution in [-0.2, 0) is 9.53 Å². The van der Waals surface area contributed by atoms with E-state index in [0.29, 0.717) is 0 Å². The summed E-state index contributed by atoms with van der Waals surface area (Å²) in [6.07, 6.45) is 11.2. The van der Waals surface area contributed by atoms with Crippen molar-refractivity contribution in [3.05, 3.63) is 65.1 Å². The first-order chi connectivity index (χ1) is 15.0. The largest absolute Gasteiger partial charge is 0.497 e. The Morgan fingerprint density at radius 3 is 2.71 bits per heavy atom. The Morgan fingerprint density at radius 2 is 2.00 bits per heavy atom. The average molecular weight is 423 g/mol. The fourth-order valence-corrected chi connectivity index (χ4v) is 4.23. The molecule has 1 N–H and O–H groups in total. The van der Waals surface area contributed by atoms with Crippen molar-refractivity contribution in [2.75, 3.05) is 19.7 Å². The van der Waals surface area contributed by atoms with E-state index in [1.807, 2.05) is 31.2 Å². The Balaban J connectivity index is 1.35. The van der Waals surface area contributed by atoms with Crippen LogP contribution in [0.4, 0.5) is 0 Å². The number of nitrogens with zero attached hydrogens (tertiary/aromatic N) is 1. The highest BCUT2D eigenvalue weighted by Crippen LogP contribution is 2.33. The number of benzene rings is 1. The lowest BCUT2D eigenvalue weighted by molar-refractivity contribution is -0.119. The molecule has 0 bridgehead atoms. The molecule has 0 aromatic heterocycles. The Kier molecular flexibility index (Phi) is 6.69. The van der Waals surface area contributed by atoms with Gasteiger partial charge in [0.05, 0.1) is 19.2 Å². The van der Waals surface area contributed by atoms with Gasteiger partial charge in [0.25, 0.3) is 0 Å². The molecule has 0 spiro atoms. The van der Waals surface area contributed by atoms with E-state index >= 15 is 0 Å². The van der Waals surface area contributed by atoms with Crippen molar-refractivity contribution in [1.29, 1.82) is 0 Å². The predicted octanol–water partition coefficient (Wildman–Crippen LogP) is 4.88. The summed E-state index contributed by atoms with van der Waals surface area (Å²) in [5.74, 6) is 2.73. The molecule has 5 nitrogen and oxygen atoms in total. The number of carbonyl (C=O) groups excluding carboxylic acids is 1. The second-order valence-corrected chi connectivity index (χ2v) is 8.95. The van der Waals surface area contributed by atoms with Gasteiger partial charge in [0.15, 0.2) is 0 Å². The fourth-order valence-electron chi connectivity index (χ4n) is 4.23. The van der Waals surface area contributed by atoms with E-state index in [1.165, 1.54) is 24.1 Å². The van der Waals surface area contributed by atoms with Crippen LogP contribution in [-0.4, -0.2) is 36.6 Å². The van der Waals surface area contributed by atoms with Crippen molar-refractivity contribution in [2.24, 2.45) is 5.92 Å². The Bertz CT molecular complexity index is 880. The lowest BCUT2D eigenvalue weighted by Gasteiger charge is -2.24. The van der Waals surface area contributed by atoms with Crippen molar-refractivity contribution in [1.82, 2.24) is 10.2 Å². The Labute approximate surface area is 185 Å². The molecule has 1 heterocycles. The van der Waals surface area contributed by atoms with Crippen LogP contribution in [0.1, 0.15) is 58.1 Å². The summed E-state index contributed by atoms with van der Waals surface area (Å²) in [5, 5.41) is 2.91. The third-order valence-corrected chi connectivity index (χ3v) is 6.27. The van der Waals surface area contributed by atoms with Gasteiger partial charge in [0.2, 0.25) is 5.91 Å². The number of carbonyl (C=O) groups is 1. The predicted molar refractivity (Wildman–Crippen MR) is 122 cm³/mol. The molecule has 5 heteroatoms. The number of ether oxygens (including phenoxy) is 2. The van der Waals surface area contributed by atoms with Crippen LogP contribution in [0.25, 0.3) is 0 Å². The zero-order chi connectivity index (χ0) is 21.8. The van der Waals surface area contributed by atoms with Crippen LogP contribution in [0.3, 0.4) is 0 Å². The quantitative estimate of drug-likeness (QED) is 0.649. The van der Waals surface area contributed by atoms with Crippen molar-refractivity contribution in [3.63, 3.8) is 0 Å². The van der Waals surface area contributed by atoms with E-state index < -0.39 is 0 Å². The monoisotopic (exact) mass is 422 g/mol. The summed E-state index contributed by atoms with van der Waals surface area (Å²) in [7, 11) is 0. The van der Waals surface area contributed by atoms with Crippen LogP contribution in [0.2, 0.25) is 0 Å². The number of rotatable bonds is 8. The molecule has 1 saturated carbocycles. The van der Waals surface area contributed by atoms with Crippen LogP contribution < -0.4 is 10.1 Å². The van der Waals surface area contributed by atoms with Crippen LogP contribution >= 0.6 is 0 Å². The topological polar surface area (TPSA) is 50.8 Å². The highest BCUT2D eigenvalue weighted by Gasteiger charge is 2.28. The zero-order valence-corrected chi connectivity index (χ0v) is 18.9. The average Bonchev–Trinajstić information content (AvgIpc) is 3.49. The molecule has 4 rings (SSSR count). The molecule has 166 valence electrons. The molecular weight excluding hydrogens is 388 g/mol. The van der Waals surface area contributed by atoms with Gasteiger partial charge in [-0.25, -0.2) is 0 Å². The van der Waals surface area contributed by atoms with Gasteiger partial charge < -0.3 is 19.7 Å². The molecule has 2 aliphatic carbocycles. The van der Waals surface area contributed by atoms with Gasteiger partial charge in [-0.2, -0.15) is 0 Å². The second-order valence-electron chi connectivity index (χ2n) is 8.95. The minimum absolute atomic E-state index is 0.00478. The van der Waals surface area contributed by atoms with E-state index in [4.69, 9.17) is 9.47 Å². The van der Waals surface area contributed by atoms with Crippen molar-refractivity contribution in [2.45, 2.75) is 58.6 Å². The van der Waals surface area contributed by atoms with E-state index in [2.05, 4.69) is 35.4 Å². The van der Waals surface area contributed by atoms with Gasteiger partial charge in [0, 0.05) is 37.6 Å². The molecule has 2 atom stereocenters. The summed E-state index contributed by atoms with van der Waals surface area (Å²) in [5.41, 5.74) is 3.58. The Hall–Kier alpha value is -2.69. The van der Waals surface area contributed by atoms with Crippen molar-refractivity contribution >= 4 is 5.91 Å². The molecule has 2 fully saturated rings. The van der Waals surface area contributed by atoms with Gasteiger partial charge in [-0.1, -0.05) is 24.3 Å². The lowest BCUT2D eigenvalue weighted by Crippen LogP contribution is -2.25. The summed E-state index contributed by atoms with van der Waals surface area (Å²) >= 11 is 0. The number of nitrogens with one attached hydrogen (secondary N) is 1. The number of hydrogen-bond acceptors (Lipinski definition) is 4. The number of amides is 1. The maximum atomic E-state index is 11.3. The van der Waals surface area contributed by atoms with Gasteiger partial charge in [0.1, 0.15) is 17.6 Å². The van der Waals surface area contributed by atoms with E-state index in [0.717, 1.165) is 55.5 Å². The molecule has 1 aliphatic heterocycles. The first kappa shape index (κ1) is 21.5. The standard InChI is InChI=1S/C26H34N2O3/c1-18-25(6-4-5-7-26(18)30-17-21-8-9-21)28-15-14-24(16-28)31-23-12-10-22(11-13-23)19(2)27-20(3)29/h4-6,10-13,19,21,24H,7-9,14-17H2,1-3H3,(H,27,29). The second kappa shape index (κ2) is 9.63. The van der Waals surface area contributed by atoms with E-state index in [9.17, 15) is 4.79 Å². The first-order valence-electron chi connectivity index (χ1n) is 11.5. The summed E-state index contributed by atoms with van der Waals surface area (Å²) in [4.78, 5) is 13.7. The summed E-state index contributed by atoms with van der Waals surface area (Å²) in [6, 6.07) is 8.04. The fraction of sp³-hybridized carbons (Fsp3) is 0.500. The van der Waals surface area contributed by atoms with Crippen LogP contribution in [0.15, 0.2) is 59.5 Å². The van der Waals surface area contributed by atoms with Gasteiger partial charge >= 0.3 is 0 Å². The number of allylic oxidation sites excluding steroid dienone is 4. The molecule has 1 aromatic rings.